The van der Waals surface area contributed by atoms with Crippen LogP contribution in [-0.2, 0) is 6.54 Å². The Labute approximate surface area is 137 Å². The minimum Gasteiger partial charge on any atom is -0.392 e. The zero-order chi connectivity index (χ0) is 16.4. The van der Waals surface area contributed by atoms with Crippen molar-refractivity contribution in [1.29, 1.82) is 0 Å². The lowest BCUT2D eigenvalue weighted by atomic mass is 10.2. The predicted octanol–water partition coefficient (Wildman–Crippen LogP) is 1.85. The third kappa shape index (κ3) is 3.57. The molecule has 3 rings (SSSR count). The van der Waals surface area contributed by atoms with Gasteiger partial charge >= 0.3 is 0 Å². The molecule has 120 valence electrons. The smallest absolute Gasteiger partial charge is 0.275 e. The lowest BCUT2D eigenvalue weighted by Crippen LogP contribution is -2.31. The summed E-state index contributed by atoms with van der Waals surface area (Å²) in [5.74, 6) is 0. The summed E-state index contributed by atoms with van der Waals surface area (Å²) in [5.41, 5.74) is 1.47. The Bertz CT molecular complexity index is 857. The first-order valence-corrected chi connectivity index (χ1v) is 8.19. The zero-order valence-corrected chi connectivity index (χ0v) is 13.8. The lowest BCUT2D eigenvalue weighted by molar-refractivity contribution is 0.199. The number of hydrogen-bond acceptors (Lipinski definition) is 6. The molecule has 0 fully saturated rings. The van der Waals surface area contributed by atoms with E-state index in [1.807, 2.05) is 42.2 Å². The second-order valence-corrected chi connectivity index (χ2v) is 6.63. The standard InChI is InChI=1S/C16H18N4O2S/c1-11(21)9-19(14-6-4-3-5-7-14)10-13-8-15(22)20-16(17-13)23-12(2)18-20/h3-8,11,21H,9-10H2,1-2H3/t11-/m0/s1. The fourth-order valence-corrected chi connectivity index (χ4v) is 3.21. The predicted molar refractivity (Wildman–Crippen MR) is 91.0 cm³/mol. The summed E-state index contributed by atoms with van der Waals surface area (Å²) >= 11 is 1.39. The van der Waals surface area contributed by atoms with Gasteiger partial charge < -0.3 is 10.0 Å². The first-order chi connectivity index (χ1) is 11.0. The number of nitrogens with zero attached hydrogens (tertiary/aromatic N) is 4. The van der Waals surface area contributed by atoms with Crippen LogP contribution >= 0.6 is 11.3 Å². The molecule has 0 aliphatic carbocycles. The first kappa shape index (κ1) is 15.6. The number of rotatable bonds is 5. The van der Waals surface area contributed by atoms with Gasteiger partial charge in [-0.3, -0.25) is 4.79 Å². The molecule has 2 heterocycles. The highest BCUT2D eigenvalue weighted by atomic mass is 32.1. The van der Waals surface area contributed by atoms with Gasteiger partial charge in [-0.2, -0.15) is 9.61 Å². The summed E-state index contributed by atoms with van der Waals surface area (Å²) < 4.78 is 1.32. The lowest BCUT2D eigenvalue weighted by Gasteiger charge is -2.25. The molecule has 1 atom stereocenters. The van der Waals surface area contributed by atoms with Crippen molar-refractivity contribution in [2.24, 2.45) is 0 Å². The third-order valence-corrected chi connectivity index (χ3v) is 4.18. The SMILES string of the molecule is Cc1nn2c(=O)cc(CN(C[C@H](C)O)c3ccccc3)nc2s1. The van der Waals surface area contributed by atoms with Gasteiger partial charge in [-0.05, 0) is 26.0 Å². The molecule has 2 aromatic heterocycles. The maximum atomic E-state index is 12.2. The van der Waals surface area contributed by atoms with E-state index in [9.17, 15) is 9.90 Å². The third-order valence-electron chi connectivity index (χ3n) is 3.36. The van der Waals surface area contributed by atoms with Crippen molar-refractivity contribution >= 4 is 22.0 Å². The number of aromatic nitrogens is 3. The number of aliphatic hydroxyl groups excluding tert-OH is 1. The Balaban J connectivity index is 1.95. The average Bonchev–Trinajstić information content (AvgIpc) is 2.88. The molecule has 0 saturated carbocycles. The van der Waals surface area contributed by atoms with Gasteiger partial charge in [0.05, 0.1) is 18.3 Å². The topological polar surface area (TPSA) is 70.7 Å². The highest BCUT2D eigenvalue weighted by molar-refractivity contribution is 7.16. The minimum absolute atomic E-state index is 0.181. The van der Waals surface area contributed by atoms with E-state index in [1.165, 1.54) is 21.9 Å². The van der Waals surface area contributed by atoms with E-state index in [0.717, 1.165) is 10.7 Å². The average molecular weight is 330 g/mol. The molecular formula is C16H18N4O2S. The van der Waals surface area contributed by atoms with Gasteiger partial charge in [0.25, 0.3) is 5.56 Å². The molecule has 0 saturated heterocycles. The van der Waals surface area contributed by atoms with Crippen molar-refractivity contribution in [3.05, 3.63) is 57.5 Å². The van der Waals surface area contributed by atoms with Gasteiger partial charge in [0.2, 0.25) is 4.96 Å². The number of hydrogen-bond donors (Lipinski definition) is 1. The maximum Gasteiger partial charge on any atom is 0.275 e. The molecule has 0 aliphatic rings. The van der Waals surface area contributed by atoms with Crippen LogP contribution in [0.1, 0.15) is 17.6 Å². The second kappa shape index (κ2) is 6.47. The molecule has 6 nitrogen and oxygen atoms in total. The van der Waals surface area contributed by atoms with E-state index in [2.05, 4.69) is 10.1 Å². The van der Waals surface area contributed by atoms with E-state index >= 15 is 0 Å². The van der Waals surface area contributed by atoms with E-state index in [1.54, 1.807) is 6.92 Å². The van der Waals surface area contributed by atoms with E-state index in [0.29, 0.717) is 23.7 Å². The van der Waals surface area contributed by atoms with Crippen LogP contribution in [0, 0.1) is 6.92 Å². The van der Waals surface area contributed by atoms with Crippen molar-refractivity contribution in [3.8, 4) is 0 Å². The summed E-state index contributed by atoms with van der Waals surface area (Å²) in [7, 11) is 0. The fourth-order valence-electron chi connectivity index (χ4n) is 2.45. The van der Waals surface area contributed by atoms with Crippen LogP contribution in [0.4, 0.5) is 5.69 Å². The van der Waals surface area contributed by atoms with Gasteiger partial charge in [0.1, 0.15) is 5.01 Å². The number of para-hydroxylation sites is 1. The van der Waals surface area contributed by atoms with Crippen molar-refractivity contribution in [3.63, 3.8) is 0 Å². The molecular weight excluding hydrogens is 312 g/mol. The summed E-state index contributed by atoms with van der Waals surface area (Å²) in [6.45, 7) is 4.51. The Morgan fingerprint density at radius 2 is 2.09 bits per heavy atom. The van der Waals surface area contributed by atoms with E-state index in [4.69, 9.17) is 0 Å². The molecule has 0 spiro atoms. The number of aryl methyl sites for hydroxylation is 1. The summed E-state index contributed by atoms with van der Waals surface area (Å²) in [5, 5.41) is 14.7. The molecule has 23 heavy (non-hydrogen) atoms. The number of benzene rings is 1. The Morgan fingerprint density at radius 1 is 1.35 bits per heavy atom. The molecule has 0 amide bonds. The van der Waals surface area contributed by atoms with Gasteiger partial charge in [-0.1, -0.05) is 29.5 Å². The van der Waals surface area contributed by atoms with Gasteiger partial charge in [-0.15, -0.1) is 0 Å². The van der Waals surface area contributed by atoms with E-state index < -0.39 is 6.10 Å². The maximum absolute atomic E-state index is 12.2. The summed E-state index contributed by atoms with van der Waals surface area (Å²) in [6, 6.07) is 11.3. The van der Waals surface area contributed by atoms with Crippen LogP contribution in [-0.4, -0.2) is 32.4 Å². The van der Waals surface area contributed by atoms with Crippen LogP contribution in [0.2, 0.25) is 0 Å². The number of anilines is 1. The van der Waals surface area contributed by atoms with Gasteiger partial charge in [0, 0.05) is 18.3 Å². The van der Waals surface area contributed by atoms with Crippen molar-refractivity contribution in [2.75, 3.05) is 11.4 Å². The number of fused-ring (bicyclic) bond motifs is 1. The molecule has 3 aromatic rings. The molecule has 0 aliphatic heterocycles. The van der Waals surface area contributed by atoms with Crippen LogP contribution in [0.15, 0.2) is 41.2 Å². The molecule has 7 heteroatoms. The highest BCUT2D eigenvalue weighted by Crippen LogP contribution is 2.17. The van der Waals surface area contributed by atoms with Crippen LogP contribution in [0.3, 0.4) is 0 Å². The highest BCUT2D eigenvalue weighted by Gasteiger charge is 2.13. The molecule has 1 aromatic carbocycles. The Kier molecular flexibility index (Phi) is 4.40. The number of aliphatic hydroxyl groups is 1. The zero-order valence-electron chi connectivity index (χ0n) is 13.0. The molecule has 0 radical (unpaired) electrons. The minimum atomic E-state index is -0.481. The van der Waals surface area contributed by atoms with Crippen LogP contribution < -0.4 is 10.5 Å². The summed E-state index contributed by atoms with van der Waals surface area (Å²) in [4.78, 5) is 19.3. The van der Waals surface area contributed by atoms with Gasteiger partial charge in [-0.25, -0.2) is 4.98 Å². The monoisotopic (exact) mass is 330 g/mol. The van der Waals surface area contributed by atoms with Crippen LogP contribution in [0.25, 0.3) is 4.96 Å². The largest absolute Gasteiger partial charge is 0.392 e. The molecule has 1 N–H and O–H groups in total. The quantitative estimate of drug-likeness (QED) is 0.773. The van der Waals surface area contributed by atoms with Crippen molar-refractivity contribution in [1.82, 2.24) is 14.6 Å². The summed E-state index contributed by atoms with van der Waals surface area (Å²) in [6.07, 6.45) is -0.481. The molecule has 0 unspecified atom stereocenters. The Morgan fingerprint density at radius 3 is 2.78 bits per heavy atom. The van der Waals surface area contributed by atoms with Crippen LogP contribution in [0.5, 0.6) is 0 Å². The van der Waals surface area contributed by atoms with E-state index in [-0.39, 0.29) is 5.56 Å². The first-order valence-electron chi connectivity index (χ1n) is 7.37. The Hall–Kier alpha value is -2.25. The van der Waals surface area contributed by atoms with Crippen molar-refractivity contribution < 1.29 is 5.11 Å². The van der Waals surface area contributed by atoms with Crippen molar-refractivity contribution in [2.45, 2.75) is 26.5 Å². The van der Waals surface area contributed by atoms with Gasteiger partial charge in [0.15, 0.2) is 0 Å². The normalized spacial score (nSPS) is 12.5. The fraction of sp³-hybridized carbons (Fsp3) is 0.312. The molecule has 0 bridgehead atoms. The second-order valence-electron chi connectivity index (χ2n) is 5.47.